The smallest absolute Gasteiger partial charge is 0.220 e. The Hall–Kier alpha value is -1.23. The molecule has 1 aromatic rings. The maximum absolute atomic E-state index is 11.3. The van der Waals surface area contributed by atoms with E-state index in [1.807, 2.05) is 24.5 Å². The highest BCUT2D eigenvalue weighted by Gasteiger charge is 2.17. The molecule has 0 aliphatic heterocycles. The summed E-state index contributed by atoms with van der Waals surface area (Å²) in [6, 6.07) is 3.44. The molecule has 0 spiro atoms. The minimum atomic E-state index is -0.510. The van der Waals surface area contributed by atoms with Crippen LogP contribution in [0, 0.1) is 0 Å². The van der Waals surface area contributed by atoms with Gasteiger partial charge in [-0.25, -0.2) is 4.57 Å². The monoisotopic (exact) mass is 313 g/mol. The molecule has 18 heavy (non-hydrogen) atoms. The number of carbonyl (C=O) groups is 2. The summed E-state index contributed by atoms with van der Waals surface area (Å²) in [6.45, 7) is 4.51. The molecule has 0 aliphatic rings. The largest absolute Gasteiger partial charge is 0.345 e. The Balaban J connectivity index is 2.68. The fourth-order valence-electron chi connectivity index (χ4n) is 1.70. The molecule has 1 heterocycles. The number of nitrogens with one attached hydrogen (secondary N) is 1. The van der Waals surface area contributed by atoms with Crippen LogP contribution in [-0.2, 0) is 22.6 Å². The summed E-state index contributed by atoms with van der Waals surface area (Å²) < 4.78 is 1.88. The fourth-order valence-corrected chi connectivity index (χ4v) is 1.98. The Morgan fingerprint density at radius 3 is 2.44 bits per heavy atom. The molecule has 0 aromatic carbocycles. The molecule has 98 valence electrons. The number of hydrogen-bond donors (Lipinski definition) is 1. The van der Waals surface area contributed by atoms with Crippen molar-refractivity contribution < 1.29 is 14.2 Å². The van der Waals surface area contributed by atoms with Crippen molar-refractivity contribution in [3.8, 4) is 0 Å². The minimum Gasteiger partial charge on any atom is -0.345 e. The van der Waals surface area contributed by atoms with Crippen molar-refractivity contribution >= 4 is 26.5 Å². The van der Waals surface area contributed by atoms with Crippen LogP contribution in [0.2, 0.25) is 0 Å². The van der Waals surface area contributed by atoms with Gasteiger partial charge in [-0.15, -0.1) is 0 Å². The van der Waals surface area contributed by atoms with Gasteiger partial charge in [-0.1, -0.05) is 6.92 Å². The van der Waals surface area contributed by atoms with Crippen LogP contribution in [-0.4, -0.2) is 16.6 Å². The summed E-state index contributed by atoms with van der Waals surface area (Å²) in [5, 5.41) is 2.63. The topological polar surface area (TPSA) is 50.1 Å². The maximum atomic E-state index is 11.3. The van der Waals surface area contributed by atoms with Crippen LogP contribution in [0.5, 0.6) is 0 Å². The van der Waals surface area contributed by atoms with Gasteiger partial charge in [-0.05, 0) is 21.5 Å². The molecule has 0 unspecified atom stereocenters. The lowest BCUT2D eigenvalue weighted by Gasteiger charge is -2.13. The van der Waals surface area contributed by atoms with E-state index in [0.717, 1.165) is 18.5 Å². The highest BCUT2D eigenvalue weighted by molar-refractivity contribution is 9.18. The summed E-state index contributed by atoms with van der Waals surface area (Å²) in [6.07, 6.45) is 5.56. The van der Waals surface area contributed by atoms with Gasteiger partial charge in [0.25, 0.3) is 0 Å². The highest BCUT2D eigenvalue weighted by Crippen LogP contribution is 2.05. The predicted octanol–water partition coefficient (Wildman–Crippen LogP) is 1.35. The van der Waals surface area contributed by atoms with Crippen LogP contribution in [0.15, 0.2) is 24.5 Å². The standard InChI is InChI=1S/C13H17BrN2O2/c1-3-6-16-7-4-11(5-8-16)9-12(13(14)18)15-10(2)17/h4-5,7-8,12H,3,6,9H2,1-2H3/p+1/t12-/m1/s1. The second-order valence-corrected chi connectivity index (χ2v) is 4.99. The number of pyridine rings is 1. The molecular weight excluding hydrogens is 296 g/mol. The third kappa shape index (κ3) is 4.96. The summed E-state index contributed by atoms with van der Waals surface area (Å²) in [5.41, 5.74) is 1.02. The van der Waals surface area contributed by atoms with E-state index in [-0.39, 0.29) is 10.6 Å². The second kappa shape index (κ2) is 7.26. The molecule has 1 N–H and O–H groups in total. The molecule has 0 radical (unpaired) electrons. The van der Waals surface area contributed by atoms with E-state index in [4.69, 9.17) is 0 Å². The van der Waals surface area contributed by atoms with E-state index in [0.29, 0.717) is 6.42 Å². The van der Waals surface area contributed by atoms with Gasteiger partial charge in [0.2, 0.25) is 10.6 Å². The van der Waals surface area contributed by atoms with Crippen LogP contribution in [0.3, 0.4) is 0 Å². The molecule has 0 saturated carbocycles. The maximum Gasteiger partial charge on any atom is 0.220 e. The van der Waals surface area contributed by atoms with E-state index >= 15 is 0 Å². The second-order valence-electron chi connectivity index (χ2n) is 4.21. The van der Waals surface area contributed by atoms with Crippen molar-refractivity contribution in [2.45, 2.75) is 39.3 Å². The summed E-state index contributed by atoms with van der Waals surface area (Å²) in [4.78, 5) is 22.3. The lowest BCUT2D eigenvalue weighted by Crippen LogP contribution is -2.39. The van der Waals surface area contributed by atoms with Crippen LogP contribution in [0.1, 0.15) is 25.8 Å². The number of aromatic nitrogens is 1. The van der Waals surface area contributed by atoms with Gasteiger partial charge in [0, 0.05) is 31.9 Å². The van der Waals surface area contributed by atoms with Gasteiger partial charge in [-0.3, -0.25) is 9.59 Å². The molecule has 0 saturated heterocycles. The lowest BCUT2D eigenvalue weighted by atomic mass is 10.1. The van der Waals surface area contributed by atoms with Crippen LogP contribution < -0.4 is 9.88 Å². The summed E-state index contributed by atoms with van der Waals surface area (Å²) in [5.74, 6) is -0.204. The highest BCUT2D eigenvalue weighted by atomic mass is 79.9. The van der Waals surface area contributed by atoms with Crippen LogP contribution >= 0.6 is 15.9 Å². The molecule has 1 amide bonds. The first-order chi connectivity index (χ1) is 8.52. The number of amides is 1. The molecule has 1 rings (SSSR count). The van der Waals surface area contributed by atoms with Crippen LogP contribution in [0.25, 0.3) is 0 Å². The number of nitrogens with zero attached hydrogens (tertiary/aromatic N) is 1. The Kier molecular flexibility index (Phi) is 5.98. The molecule has 4 nitrogen and oxygen atoms in total. The normalized spacial score (nSPS) is 11.9. The minimum absolute atomic E-state index is 0.204. The summed E-state index contributed by atoms with van der Waals surface area (Å²) >= 11 is 2.91. The number of rotatable bonds is 6. The van der Waals surface area contributed by atoms with Crippen molar-refractivity contribution in [1.29, 1.82) is 0 Å². The molecule has 1 atom stereocenters. The predicted molar refractivity (Wildman–Crippen MR) is 72.2 cm³/mol. The number of aryl methyl sites for hydroxylation is 1. The van der Waals surface area contributed by atoms with Gasteiger partial charge in [0.1, 0.15) is 12.6 Å². The van der Waals surface area contributed by atoms with E-state index in [9.17, 15) is 9.59 Å². The number of carbonyl (C=O) groups excluding carboxylic acids is 2. The molecular formula is C13H18BrN2O2+. The van der Waals surface area contributed by atoms with Crippen LogP contribution in [0.4, 0.5) is 0 Å². The quantitative estimate of drug-likeness (QED) is 0.636. The van der Waals surface area contributed by atoms with Crippen molar-refractivity contribution in [3.63, 3.8) is 0 Å². The number of hydrogen-bond acceptors (Lipinski definition) is 2. The average Bonchev–Trinajstić information content (AvgIpc) is 2.30. The van der Waals surface area contributed by atoms with Gasteiger partial charge in [0.15, 0.2) is 12.4 Å². The Labute approximate surface area is 116 Å². The first kappa shape index (κ1) is 14.8. The first-order valence-electron chi connectivity index (χ1n) is 5.97. The third-order valence-corrected chi connectivity index (χ3v) is 3.09. The van der Waals surface area contributed by atoms with Crippen molar-refractivity contribution in [2.75, 3.05) is 0 Å². The zero-order valence-electron chi connectivity index (χ0n) is 10.6. The molecule has 5 heteroatoms. The molecule has 0 aliphatic carbocycles. The van der Waals surface area contributed by atoms with E-state index in [1.165, 1.54) is 6.92 Å². The molecule has 0 bridgehead atoms. The SMILES string of the molecule is CCC[n+]1ccc(C[C@@H](NC(C)=O)C(=O)Br)cc1. The fraction of sp³-hybridized carbons (Fsp3) is 0.462. The first-order valence-corrected chi connectivity index (χ1v) is 6.76. The van der Waals surface area contributed by atoms with Gasteiger partial charge in [0.05, 0.1) is 0 Å². The molecule has 1 aromatic heterocycles. The zero-order chi connectivity index (χ0) is 13.5. The Bertz CT molecular complexity index is 418. The average molecular weight is 314 g/mol. The van der Waals surface area contributed by atoms with E-state index in [2.05, 4.69) is 32.7 Å². The summed E-state index contributed by atoms with van der Waals surface area (Å²) in [7, 11) is 0. The Morgan fingerprint density at radius 2 is 2.00 bits per heavy atom. The van der Waals surface area contributed by atoms with Gasteiger partial charge in [-0.2, -0.15) is 0 Å². The third-order valence-electron chi connectivity index (χ3n) is 2.53. The van der Waals surface area contributed by atoms with E-state index in [1.54, 1.807) is 0 Å². The van der Waals surface area contributed by atoms with Crippen molar-refractivity contribution in [3.05, 3.63) is 30.1 Å². The van der Waals surface area contributed by atoms with E-state index < -0.39 is 6.04 Å². The lowest BCUT2D eigenvalue weighted by molar-refractivity contribution is -0.697. The Morgan fingerprint density at radius 1 is 1.39 bits per heavy atom. The van der Waals surface area contributed by atoms with Gasteiger partial charge < -0.3 is 5.32 Å². The zero-order valence-corrected chi connectivity index (χ0v) is 12.2. The van der Waals surface area contributed by atoms with Gasteiger partial charge >= 0.3 is 0 Å². The molecule has 0 fully saturated rings. The van der Waals surface area contributed by atoms with Crippen molar-refractivity contribution in [1.82, 2.24) is 5.32 Å². The van der Waals surface area contributed by atoms with Crippen molar-refractivity contribution in [2.24, 2.45) is 0 Å². The number of halogens is 1.